The van der Waals surface area contributed by atoms with Gasteiger partial charge in [-0.25, -0.2) is 0 Å². The largest absolute Gasteiger partial charge is 0.349 e. The molecule has 0 saturated heterocycles. The molecule has 0 radical (unpaired) electrons. The van der Waals surface area contributed by atoms with Crippen LogP contribution in [0.3, 0.4) is 0 Å². The molecule has 0 bridgehead atoms. The quantitative estimate of drug-likeness (QED) is 0.716. The van der Waals surface area contributed by atoms with Crippen molar-refractivity contribution in [3.05, 3.63) is 58.4 Å². The predicted molar refractivity (Wildman–Crippen MR) is 98.2 cm³/mol. The molecule has 0 aliphatic carbocycles. The van der Waals surface area contributed by atoms with Crippen LogP contribution >= 0.6 is 0 Å². The van der Waals surface area contributed by atoms with Gasteiger partial charge in [0.2, 0.25) is 0 Å². The number of unbranched alkanes of at least 4 members (excludes halogenated alkanes) is 3. The minimum atomic E-state index is -0.355. The van der Waals surface area contributed by atoms with Crippen LogP contribution in [-0.2, 0) is 0 Å². The molecule has 4 nitrogen and oxygen atoms in total. The standard InChI is InChI=1S/C20H26N2O2/c1-3-4-5-7-10-15(2)21-19(23)17-13-14-18(22-20(17)24)16-11-8-6-9-12-16/h6,8-9,11-15H,3-5,7,10H2,1-2H3,(H,21,23)(H,22,24)/t15-/m1/s1. The van der Waals surface area contributed by atoms with E-state index in [0.29, 0.717) is 5.69 Å². The van der Waals surface area contributed by atoms with Crippen molar-refractivity contribution >= 4 is 5.91 Å². The van der Waals surface area contributed by atoms with E-state index in [1.54, 1.807) is 12.1 Å². The summed E-state index contributed by atoms with van der Waals surface area (Å²) in [5, 5.41) is 2.91. The summed E-state index contributed by atoms with van der Waals surface area (Å²) in [6, 6.07) is 13.0. The van der Waals surface area contributed by atoms with Crippen LogP contribution in [0.25, 0.3) is 11.3 Å². The van der Waals surface area contributed by atoms with Gasteiger partial charge >= 0.3 is 0 Å². The number of hydrogen-bond donors (Lipinski definition) is 2. The Balaban J connectivity index is 1.99. The van der Waals surface area contributed by atoms with Gasteiger partial charge < -0.3 is 10.3 Å². The number of H-pyrrole nitrogens is 1. The van der Waals surface area contributed by atoms with E-state index in [4.69, 9.17) is 0 Å². The van der Waals surface area contributed by atoms with Crippen LogP contribution in [0.15, 0.2) is 47.3 Å². The molecule has 4 heteroatoms. The topological polar surface area (TPSA) is 62.0 Å². The lowest BCUT2D eigenvalue weighted by Crippen LogP contribution is -2.35. The molecule has 1 aromatic carbocycles. The first-order chi connectivity index (χ1) is 11.6. The van der Waals surface area contributed by atoms with Crippen molar-refractivity contribution in [1.29, 1.82) is 0 Å². The normalized spacial score (nSPS) is 11.9. The van der Waals surface area contributed by atoms with E-state index in [-0.39, 0.29) is 23.1 Å². The van der Waals surface area contributed by atoms with Crippen LogP contribution in [0.5, 0.6) is 0 Å². The fraction of sp³-hybridized carbons (Fsp3) is 0.400. The molecule has 0 aliphatic heterocycles. The number of rotatable bonds is 8. The van der Waals surface area contributed by atoms with E-state index in [9.17, 15) is 9.59 Å². The van der Waals surface area contributed by atoms with E-state index in [0.717, 1.165) is 18.4 Å². The fourth-order valence-corrected chi connectivity index (χ4v) is 2.69. The number of hydrogen-bond acceptors (Lipinski definition) is 2. The lowest BCUT2D eigenvalue weighted by atomic mass is 10.1. The van der Waals surface area contributed by atoms with Gasteiger partial charge in [0.05, 0.1) is 0 Å². The highest BCUT2D eigenvalue weighted by molar-refractivity contribution is 5.94. The smallest absolute Gasteiger partial charge is 0.261 e. The molecular formula is C20H26N2O2. The van der Waals surface area contributed by atoms with Gasteiger partial charge in [0.1, 0.15) is 5.56 Å². The van der Waals surface area contributed by atoms with E-state index in [1.807, 2.05) is 37.3 Å². The lowest BCUT2D eigenvalue weighted by Gasteiger charge is -2.13. The number of benzene rings is 1. The number of amides is 1. The lowest BCUT2D eigenvalue weighted by molar-refractivity contribution is 0.0936. The first-order valence-electron chi connectivity index (χ1n) is 8.71. The Morgan fingerprint density at radius 1 is 1.08 bits per heavy atom. The zero-order valence-corrected chi connectivity index (χ0v) is 14.5. The molecular weight excluding hydrogens is 300 g/mol. The van der Waals surface area contributed by atoms with Gasteiger partial charge in [-0.1, -0.05) is 62.9 Å². The molecule has 0 unspecified atom stereocenters. The summed E-state index contributed by atoms with van der Waals surface area (Å²) in [6.07, 6.45) is 5.64. The Kier molecular flexibility index (Phi) is 6.79. The maximum Gasteiger partial charge on any atom is 0.261 e. The molecule has 2 rings (SSSR count). The van der Waals surface area contributed by atoms with Gasteiger partial charge in [0, 0.05) is 11.7 Å². The molecule has 1 atom stereocenters. The second-order valence-electron chi connectivity index (χ2n) is 6.20. The highest BCUT2D eigenvalue weighted by Crippen LogP contribution is 2.14. The average molecular weight is 326 g/mol. The van der Waals surface area contributed by atoms with Gasteiger partial charge in [-0.15, -0.1) is 0 Å². The number of aromatic nitrogens is 1. The van der Waals surface area contributed by atoms with Crippen LogP contribution in [0.1, 0.15) is 56.3 Å². The Hall–Kier alpha value is -2.36. The molecule has 128 valence electrons. The Bertz CT molecular complexity index is 707. The van der Waals surface area contributed by atoms with Gasteiger partial charge in [0.15, 0.2) is 0 Å². The van der Waals surface area contributed by atoms with E-state index in [2.05, 4.69) is 17.2 Å². The van der Waals surface area contributed by atoms with E-state index in [1.165, 1.54) is 19.3 Å². The summed E-state index contributed by atoms with van der Waals surface area (Å²) in [6.45, 7) is 4.16. The number of pyridine rings is 1. The summed E-state index contributed by atoms with van der Waals surface area (Å²) in [7, 11) is 0. The predicted octanol–water partition coefficient (Wildman–Crippen LogP) is 4.13. The highest BCUT2D eigenvalue weighted by atomic mass is 16.2. The van der Waals surface area contributed by atoms with Crippen LogP contribution in [0.2, 0.25) is 0 Å². The van der Waals surface area contributed by atoms with Crippen LogP contribution in [0.4, 0.5) is 0 Å². The first kappa shape index (κ1) is 18.0. The maximum absolute atomic E-state index is 12.3. The summed E-state index contributed by atoms with van der Waals surface area (Å²) in [5.41, 5.74) is 1.44. The second-order valence-corrected chi connectivity index (χ2v) is 6.20. The summed E-state index contributed by atoms with van der Waals surface area (Å²) in [5.74, 6) is -0.307. The number of carbonyl (C=O) groups excluding carboxylic acids is 1. The Morgan fingerprint density at radius 3 is 2.50 bits per heavy atom. The minimum Gasteiger partial charge on any atom is -0.349 e. The third-order valence-electron chi connectivity index (χ3n) is 4.11. The van der Waals surface area contributed by atoms with Gasteiger partial charge in [-0.05, 0) is 31.0 Å². The molecule has 2 aromatic rings. The molecule has 0 fully saturated rings. The minimum absolute atomic E-state index is 0.0718. The van der Waals surface area contributed by atoms with Crippen molar-refractivity contribution in [2.45, 2.75) is 52.0 Å². The first-order valence-corrected chi connectivity index (χ1v) is 8.71. The molecule has 0 saturated carbocycles. The van der Waals surface area contributed by atoms with Crippen molar-refractivity contribution in [3.63, 3.8) is 0 Å². The van der Waals surface area contributed by atoms with E-state index < -0.39 is 0 Å². The molecule has 1 amide bonds. The zero-order valence-electron chi connectivity index (χ0n) is 14.5. The van der Waals surface area contributed by atoms with Crippen molar-refractivity contribution in [2.75, 3.05) is 0 Å². The molecule has 24 heavy (non-hydrogen) atoms. The fourth-order valence-electron chi connectivity index (χ4n) is 2.69. The molecule has 1 aromatic heterocycles. The van der Waals surface area contributed by atoms with Crippen LogP contribution in [-0.4, -0.2) is 16.9 Å². The molecule has 0 spiro atoms. The number of carbonyl (C=O) groups is 1. The van der Waals surface area contributed by atoms with Crippen molar-refractivity contribution in [1.82, 2.24) is 10.3 Å². The Morgan fingerprint density at radius 2 is 1.83 bits per heavy atom. The SMILES string of the molecule is CCCCCC[C@@H](C)NC(=O)c1ccc(-c2ccccc2)[nH]c1=O. The summed E-state index contributed by atoms with van der Waals surface area (Å²) >= 11 is 0. The third kappa shape index (κ3) is 5.08. The molecule has 1 heterocycles. The van der Waals surface area contributed by atoms with Gasteiger partial charge in [-0.3, -0.25) is 9.59 Å². The maximum atomic E-state index is 12.3. The Labute approximate surface area is 143 Å². The highest BCUT2D eigenvalue weighted by Gasteiger charge is 2.13. The number of nitrogens with one attached hydrogen (secondary N) is 2. The zero-order chi connectivity index (χ0) is 17.4. The summed E-state index contributed by atoms with van der Waals surface area (Å²) in [4.78, 5) is 27.3. The number of aromatic amines is 1. The van der Waals surface area contributed by atoms with Crippen LogP contribution in [0, 0.1) is 0 Å². The van der Waals surface area contributed by atoms with Gasteiger partial charge in [0.25, 0.3) is 11.5 Å². The van der Waals surface area contributed by atoms with Gasteiger partial charge in [-0.2, -0.15) is 0 Å². The van der Waals surface area contributed by atoms with Crippen molar-refractivity contribution < 1.29 is 4.79 Å². The average Bonchev–Trinajstić information content (AvgIpc) is 2.59. The van der Waals surface area contributed by atoms with E-state index >= 15 is 0 Å². The monoisotopic (exact) mass is 326 g/mol. The van der Waals surface area contributed by atoms with Crippen molar-refractivity contribution in [2.24, 2.45) is 0 Å². The molecule has 0 aliphatic rings. The summed E-state index contributed by atoms with van der Waals surface area (Å²) < 4.78 is 0. The van der Waals surface area contributed by atoms with Crippen LogP contribution < -0.4 is 10.9 Å². The van der Waals surface area contributed by atoms with Crippen molar-refractivity contribution in [3.8, 4) is 11.3 Å². The molecule has 2 N–H and O–H groups in total. The second kappa shape index (κ2) is 9.06. The third-order valence-corrected chi connectivity index (χ3v) is 4.11.